The van der Waals surface area contributed by atoms with Gasteiger partial charge in [-0.25, -0.2) is 4.98 Å². The van der Waals surface area contributed by atoms with E-state index < -0.39 is 0 Å². The summed E-state index contributed by atoms with van der Waals surface area (Å²) >= 11 is 6.00. The Balaban J connectivity index is 1.62. The summed E-state index contributed by atoms with van der Waals surface area (Å²) in [4.78, 5) is 17.2. The van der Waals surface area contributed by atoms with Gasteiger partial charge in [0.15, 0.2) is 0 Å². The van der Waals surface area contributed by atoms with Crippen molar-refractivity contribution < 1.29 is 4.79 Å². The Bertz CT molecular complexity index is 935. The number of benzene rings is 2. The van der Waals surface area contributed by atoms with E-state index in [0.717, 1.165) is 29.8 Å². The zero-order chi connectivity index (χ0) is 20.5. The molecular formula is C24H30ClN3O. The highest BCUT2D eigenvalue weighted by atomic mass is 35.5. The quantitative estimate of drug-likeness (QED) is 0.372. The van der Waals surface area contributed by atoms with Crippen molar-refractivity contribution in [1.82, 2.24) is 14.9 Å². The Morgan fingerprint density at radius 1 is 1.00 bits per heavy atom. The number of nitrogens with zero attached hydrogens (tertiary/aromatic N) is 2. The third-order valence-corrected chi connectivity index (χ3v) is 5.45. The molecule has 0 fully saturated rings. The highest BCUT2D eigenvalue weighted by Gasteiger charge is 2.12. The second-order valence-electron chi connectivity index (χ2n) is 7.48. The van der Waals surface area contributed by atoms with Gasteiger partial charge in [-0.2, -0.15) is 0 Å². The van der Waals surface area contributed by atoms with Crippen molar-refractivity contribution in [3.8, 4) is 0 Å². The fourth-order valence-corrected chi connectivity index (χ4v) is 3.82. The first kappa shape index (κ1) is 21.4. The SMILES string of the molecule is CCCCCCCCCn1c(CNC(=O)c2cccc(Cl)c2)nc2ccccc21. The molecule has 1 aromatic heterocycles. The predicted octanol–water partition coefficient (Wildman–Crippen LogP) is 6.37. The molecule has 1 amide bonds. The molecule has 0 spiro atoms. The molecule has 0 saturated heterocycles. The summed E-state index contributed by atoms with van der Waals surface area (Å²) in [6, 6.07) is 15.2. The zero-order valence-corrected chi connectivity index (χ0v) is 17.9. The van der Waals surface area contributed by atoms with Crippen LogP contribution in [0.25, 0.3) is 11.0 Å². The topological polar surface area (TPSA) is 46.9 Å². The van der Waals surface area contributed by atoms with Crippen LogP contribution in [0.1, 0.15) is 68.1 Å². The lowest BCUT2D eigenvalue weighted by Gasteiger charge is -2.10. The molecule has 3 aromatic rings. The maximum absolute atomic E-state index is 12.5. The minimum Gasteiger partial charge on any atom is -0.345 e. The molecule has 0 saturated carbocycles. The normalized spacial score (nSPS) is 11.1. The van der Waals surface area contributed by atoms with Crippen LogP contribution in [-0.2, 0) is 13.1 Å². The number of aryl methyl sites for hydroxylation is 1. The van der Waals surface area contributed by atoms with Gasteiger partial charge in [-0.1, -0.05) is 75.2 Å². The number of carbonyl (C=O) groups is 1. The number of hydrogen-bond donors (Lipinski definition) is 1. The molecule has 0 aliphatic heterocycles. The number of imidazole rings is 1. The van der Waals surface area contributed by atoms with Crippen LogP contribution in [0.5, 0.6) is 0 Å². The summed E-state index contributed by atoms with van der Waals surface area (Å²) in [5.74, 6) is 0.759. The molecule has 0 aliphatic rings. The van der Waals surface area contributed by atoms with Gasteiger partial charge in [0, 0.05) is 17.1 Å². The van der Waals surface area contributed by atoms with Crippen LogP contribution in [0.15, 0.2) is 48.5 Å². The van der Waals surface area contributed by atoms with Crippen LogP contribution in [-0.4, -0.2) is 15.5 Å². The first-order valence-electron chi connectivity index (χ1n) is 10.7. The number of rotatable bonds is 11. The Hall–Kier alpha value is -2.33. The van der Waals surface area contributed by atoms with Crippen LogP contribution < -0.4 is 5.32 Å². The molecule has 4 nitrogen and oxygen atoms in total. The van der Waals surface area contributed by atoms with Crippen molar-refractivity contribution in [3.05, 3.63) is 64.9 Å². The fourth-order valence-electron chi connectivity index (χ4n) is 3.63. The van der Waals surface area contributed by atoms with Crippen LogP contribution in [0.3, 0.4) is 0 Å². The van der Waals surface area contributed by atoms with Crippen molar-refractivity contribution in [2.75, 3.05) is 0 Å². The van der Waals surface area contributed by atoms with E-state index in [0.29, 0.717) is 17.1 Å². The first-order chi connectivity index (χ1) is 14.2. The van der Waals surface area contributed by atoms with Crippen molar-refractivity contribution in [1.29, 1.82) is 0 Å². The molecule has 1 heterocycles. The highest BCUT2D eigenvalue weighted by molar-refractivity contribution is 6.30. The van der Waals surface area contributed by atoms with Gasteiger partial charge in [-0.15, -0.1) is 0 Å². The molecule has 0 bridgehead atoms. The summed E-state index contributed by atoms with van der Waals surface area (Å²) in [7, 11) is 0. The summed E-state index contributed by atoms with van der Waals surface area (Å²) in [6.07, 6.45) is 8.92. The number of nitrogens with one attached hydrogen (secondary N) is 1. The molecule has 29 heavy (non-hydrogen) atoms. The molecule has 3 rings (SSSR count). The number of carbonyl (C=O) groups excluding carboxylic acids is 1. The smallest absolute Gasteiger partial charge is 0.251 e. The van der Waals surface area contributed by atoms with Crippen LogP contribution in [0.2, 0.25) is 5.02 Å². The average Bonchev–Trinajstić information content (AvgIpc) is 3.09. The van der Waals surface area contributed by atoms with Gasteiger partial charge in [-0.05, 0) is 36.8 Å². The minimum absolute atomic E-state index is 0.137. The molecule has 0 radical (unpaired) electrons. The molecule has 154 valence electrons. The number of aromatic nitrogens is 2. The van der Waals surface area contributed by atoms with Gasteiger partial charge in [0.25, 0.3) is 5.91 Å². The maximum Gasteiger partial charge on any atom is 0.251 e. The first-order valence-corrected chi connectivity index (χ1v) is 11.0. The van der Waals surface area contributed by atoms with Crippen molar-refractivity contribution in [2.45, 2.75) is 65.0 Å². The van der Waals surface area contributed by atoms with Gasteiger partial charge in [0.05, 0.1) is 17.6 Å². The summed E-state index contributed by atoms with van der Waals surface area (Å²) in [5.41, 5.74) is 2.67. The van der Waals surface area contributed by atoms with E-state index in [-0.39, 0.29) is 5.91 Å². The number of hydrogen-bond acceptors (Lipinski definition) is 2. The average molecular weight is 412 g/mol. The monoisotopic (exact) mass is 411 g/mol. The Morgan fingerprint density at radius 3 is 2.55 bits per heavy atom. The number of fused-ring (bicyclic) bond motifs is 1. The zero-order valence-electron chi connectivity index (χ0n) is 17.2. The van der Waals surface area contributed by atoms with Gasteiger partial charge < -0.3 is 9.88 Å². The maximum atomic E-state index is 12.5. The van der Waals surface area contributed by atoms with Gasteiger partial charge in [0.2, 0.25) is 0 Å². The lowest BCUT2D eigenvalue weighted by molar-refractivity contribution is 0.0949. The summed E-state index contributed by atoms with van der Waals surface area (Å²) in [6.45, 7) is 3.57. The third-order valence-electron chi connectivity index (χ3n) is 5.21. The Labute approximate surface area is 178 Å². The molecule has 2 aromatic carbocycles. The van der Waals surface area contributed by atoms with Crippen LogP contribution >= 0.6 is 11.6 Å². The van der Waals surface area contributed by atoms with E-state index in [9.17, 15) is 4.79 Å². The van der Waals surface area contributed by atoms with Gasteiger partial charge in [0.1, 0.15) is 5.82 Å². The molecule has 0 unspecified atom stereocenters. The van der Waals surface area contributed by atoms with E-state index in [4.69, 9.17) is 16.6 Å². The number of halogens is 1. The molecule has 0 aliphatic carbocycles. The van der Waals surface area contributed by atoms with E-state index in [1.165, 1.54) is 38.5 Å². The Morgan fingerprint density at radius 2 is 1.76 bits per heavy atom. The van der Waals surface area contributed by atoms with E-state index >= 15 is 0 Å². The standard InChI is InChI=1S/C24H30ClN3O/c1-2-3-4-5-6-7-10-16-28-22-15-9-8-14-21(22)27-23(28)18-26-24(29)19-12-11-13-20(25)17-19/h8-9,11-15,17H,2-7,10,16,18H2,1H3,(H,26,29). The van der Waals surface area contributed by atoms with Crippen molar-refractivity contribution in [3.63, 3.8) is 0 Å². The van der Waals surface area contributed by atoms with Crippen LogP contribution in [0, 0.1) is 0 Å². The predicted molar refractivity (Wildman–Crippen MR) is 120 cm³/mol. The largest absolute Gasteiger partial charge is 0.345 e. The van der Waals surface area contributed by atoms with E-state index in [2.05, 4.69) is 22.9 Å². The molecule has 5 heteroatoms. The summed E-state index contributed by atoms with van der Waals surface area (Å²) < 4.78 is 2.25. The fraction of sp³-hybridized carbons (Fsp3) is 0.417. The van der Waals surface area contributed by atoms with Crippen LogP contribution in [0.4, 0.5) is 0 Å². The van der Waals surface area contributed by atoms with E-state index in [1.807, 2.05) is 18.2 Å². The minimum atomic E-state index is -0.137. The lowest BCUT2D eigenvalue weighted by Crippen LogP contribution is -2.24. The molecule has 0 atom stereocenters. The highest BCUT2D eigenvalue weighted by Crippen LogP contribution is 2.18. The van der Waals surface area contributed by atoms with Gasteiger partial charge in [-0.3, -0.25) is 4.79 Å². The second-order valence-corrected chi connectivity index (χ2v) is 7.92. The third kappa shape index (κ3) is 6.07. The number of amides is 1. The summed E-state index contributed by atoms with van der Waals surface area (Å²) in [5, 5.41) is 3.55. The number of para-hydroxylation sites is 2. The Kier molecular flexibility index (Phi) is 8.12. The second kappa shape index (κ2) is 11.0. The van der Waals surface area contributed by atoms with Crippen molar-refractivity contribution in [2.24, 2.45) is 0 Å². The lowest BCUT2D eigenvalue weighted by atomic mass is 10.1. The number of unbranched alkanes of at least 4 members (excludes halogenated alkanes) is 6. The van der Waals surface area contributed by atoms with E-state index in [1.54, 1.807) is 24.3 Å². The molecular weight excluding hydrogens is 382 g/mol. The van der Waals surface area contributed by atoms with Gasteiger partial charge >= 0.3 is 0 Å². The molecule has 1 N–H and O–H groups in total. The van der Waals surface area contributed by atoms with Crippen molar-refractivity contribution >= 4 is 28.5 Å².